The van der Waals surface area contributed by atoms with Gasteiger partial charge in [0.15, 0.2) is 10.7 Å². The summed E-state index contributed by atoms with van der Waals surface area (Å²) in [5, 5.41) is 3.87. The SMILES string of the molecule is Cc1noc(/C=C/c2ccco2)c1S(=O)(=O)N1CCC(C(=O)N2CCCC(C)C2)CC1. The molecule has 9 heteroatoms. The van der Waals surface area contributed by atoms with Crippen molar-refractivity contribution in [3.05, 3.63) is 35.6 Å². The van der Waals surface area contributed by atoms with Crippen LogP contribution < -0.4 is 0 Å². The van der Waals surface area contributed by atoms with E-state index in [4.69, 9.17) is 8.94 Å². The van der Waals surface area contributed by atoms with Gasteiger partial charge in [-0.15, -0.1) is 0 Å². The van der Waals surface area contributed by atoms with E-state index in [0.29, 0.717) is 43.3 Å². The van der Waals surface area contributed by atoms with Crippen molar-refractivity contribution in [2.45, 2.75) is 44.4 Å². The third kappa shape index (κ3) is 4.62. The Kier molecular flexibility index (Phi) is 6.34. The van der Waals surface area contributed by atoms with Crippen LogP contribution in [0.25, 0.3) is 12.2 Å². The number of likely N-dealkylation sites (tertiary alicyclic amines) is 1. The summed E-state index contributed by atoms with van der Waals surface area (Å²) in [5.41, 5.74) is 0.319. The van der Waals surface area contributed by atoms with E-state index in [2.05, 4.69) is 12.1 Å². The van der Waals surface area contributed by atoms with Gasteiger partial charge in [0.05, 0.1) is 6.26 Å². The number of rotatable bonds is 5. The summed E-state index contributed by atoms with van der Waals surface area (Å²) in [6.07, 6.45) is 8.01. The number of hydrogen-bond acceptors (Lipinski definition) is 6. The zero-order valence-corrected chi connectivity index (χ0v) is 18.8. The van der Waals surface area contributed by atoms with Gasteiger partial charge < -0.3 is 13.8 Å². The second-order valence-corrected chi connectivity index (χ2v) is 10.4. The van der Waals surface area contributed by atoms with Gasteiger partial charge in [0.1, 0.15) is 11.5 Å². The Morgan fingerprint density at radius 2 is 1.97 bits per heavy atom. The Balaban J connectivity index is 1.45. The molecule has 0 radical (unpaired) electrons. The average Bonchev–Trinajstić information content (AvgIpc) is 3.41. The third-order valence-electron chi connectivity index (χ3n) is 6.15. The van der Waals surface area contributed by atoms with Crippen LogP contribution in [0.15, 0.2) is 32.2 Å². The van der Waals surface area contributed by atoms with Crippen LogP contribution in [0.5, 0.6) is 0 Å². The third-order valence-corrected chi connectivity index (χ3v) is 8.20. The van der Waals surface area contributed by atoms with Crippen LogP contribution >= 0.6 is 0 Å². The maximum atomic E-state index is 13.3. The Bertz CT molecular complexity index is 1030. The number of carbonyl (C=O) groups is 1. The molecule has 168 valence electrons. The van der Waals surface area contributed by atoms with Crippen LogP contribution in [0, 0.1) is 18.8 Å². The van der Waals surface area contributed by atoms with Gasteiger partial charge >= 0.3 is 0 Å². The highest BCUT2D eigenvalue weighted by Crippen LogP contribution is 2.30. The van der Waals surface area contributed by atoms with Crippen LogP contribution in [0.3, 0.4) is 0 Å². The Morgan fingerprint density at radius 3 is 2.65 bits per heavy atom. The Hall–Kier alpha value is -2.39. The molecule has 0 spiro atoms. The quantitative estimate of drug-likeness (QED) is 0.697. The number of carbonyl (C=O) groups excluding carboxylic acids is 1. The molecule has 8 nitrogen and oxygen atoms in total. The first-order valence-electron chi connectivity index (χ1n) is 10.8. The lowest BCUT2D eigenvalue weighted by atomic mass is 9.93. The van der Waals surface area contributed by atoms with E-state index in [1.165, 1.54) is 4.31 Å². The lowest BCUT2D eigenvalue weighted by Crippen LogP contribution is -2.47. The van der Waals surface area contributed by atoms with Gasteiger partial charge in [-0.3, -0.25) is 4.79 Å². The number of piperidine rings is 2. The molecule has 1 atom stereocenters. The fourth-order valence-electron chi connectivity index (χ4n) is 4.46. The van der Waals surface area contributed by atoms with E-state index in [0.717, 1.165) is 25.9 Å². The molecule has 2 aliphatic heterocycles. The maximum Gasteiger partial charge on any atom is 0.248 e. The molecule has 2 aromatic heterocycles. The second-order valence-electron chi connectivity index (χ2n) is 8.52. The number of nitrogens with zero attached hydrogens (tertiary/aromatic N) is 3. The lowest BCUT2D eigenvalue weighted by Gasteiger charge is -2.36. The van der Waals surface area contributed by atoms with Gasteiger partial charge in [0.25, 0.3) is 0 Å². The molecule has 0 saturated carbocycles. The van der Waals surface area contributed by atoms with Crippen LogP contribution in [-0.2, 0) is 14.8 Å². The minimum Gasteiger partial charge on any atom is -0.465 e. The molecule has 2 fully saturated rings. The molecule has 2 saturated heterocycles. The molecule has 2 aliphatic rings. The van der Waals surface area contributed by atoms with Gasteiger partial charge in [-0.05, 0) is 62.8 Å². The molecule has 1 unspecified atom stereocenters. The summed E-state index contributed by atoms with van der Waals surface area (Å²) in [6.45, 7) is 6.04. The minimum atomic E-state index is -3.78. The number of sulfonamides is 1. The highest BCUT2D eigenvalue weighted by molar-refractivity contribution is 7.89. The van der Waals surface area contributed by atoms with E-state index >= 15 is 0 Å². The highest BCUT2D eigenvalue weighted by Gasteiger charge is 2.37. The lowest BCUT2D eigenvalue weighted by molar-refractivity contribution is -0.138. The number of hydrogen-bond donors (Lipinski definition) is 0. The van der Waals surface area contributed by atoms with Crippen LogP contribution in [0.4, 0.5) is 0 Å². The topological polar surface area (TPSA) is 96.9 Å². The molecule has 4 rings (SSSR count). The van der Waals surface area contributed by atoms with E-state index in [1.54, 1.807) is 37.5 Å². The molecular weight excluding hydrogens is 418 g/mol. The standard InChI is InChI=1S/C22H29N3O5S/c1-16-5-3-11-24(15-16)22(26)18-9-12-25(13-10-18)31(27,28)21-17(2)23-30-20(21)8-7-19-6-4-14-29-19/h4,6-8,14,16,18H,3,5,9-13,15H2,1-2H3/b8-7+. The first kappa shape index (κ1) is 21.8. The fraction of sp³-hybridized carbons (Fsp3) is 0.545. The highest BCUT2D eigenvalue weighted by atomic mass is 32.2. The van der Waals surface area contributed by atoms with Gasteiger partial charge in [-0.1, -0.05) is 12.1 Å². The van der Waals surface area contributed by atoms with Crippen molar-refractivity contribution in [3.8, 4) is 0 Å². The summed E-state index contributed by atoms with van der Waals surface area (Å²) < 4.78 is 38.7. The predicted molar refractivity (Wildman–Crippen MR) is 115 cm³/mol. The number of aromatic nitrogens is 1. The molecule has 1 amide bonds. The molecule has 0 aliphatic carbocycles. The zero-order valence-electron chi connectivity index (χ0n) is 18.0. The van der Waals surface area contributed by atoms with Crippen molar-refractivity contribution < 1.29 is 22.2 Å². The van der Waals surface area contributed by atoms with Crippen molar-refractivity contribution in [3.63, 3.8) is 0 Å². The van der Waals surface area contributed by atoms with E-state index in [1.807, 2.05) is 4.90 Å². The van der Waals surface area contributed by atoms with E-state index in [9.17, 15) is 13.2 Å². The molecule has 4 heterocycles. The van der Waals surface area contributed by atoms with Gasteiger partial charge in [0, 0.05) is 32.1 Å². The minimum absolute atomic E-state index is 0.0740. The summed E-state index contributed by atoms with van der Waals surface area (Å²) in [7, 11) is -3.78. The van der Waals surface area contributed by atoms with Crippen molar-refractivity contribution in [2.24, 2.45) is 11.8 Å². The van der Waals surface area contributed by atoms with Crippen LogP contribution in [0.1, 0.15) is 49.8 Å². The van der Waals surface area contributed by atoms with Crippen molar-refractivity contribution >= 4 is 28.1 Å². The first-order valence-corrected chi connectivity index (χ1v) is 12.3. The van der Waals surface area contributed by atoms with Gasteiger partial charge in [0.2, 0.25) is 15.9 Å². The summed E-state index contributed by atoms with van der Waals surface area (Å²) in [5.74, 6) is 1.35. The van der Waals surface area contributed by atoms with Crippen LogP contribution in [-0.4, -0.2) is 54.9 Å². The zero-order chi connectivity index (χ0) is 22.0. The molecular formula is C22H29N3O5S. The van der Waals surface area contributed by atoms with E-state index in [-0.39, 0.29) is 22.5 Å². The van der Waals surface area contributed by atoms with Crippen molar-refractivity contribution in [1.29, 1.82) is 0 Å². The van der Waals surface area contributed by atoms with Gasteiger partial charge in [-0.25, -0.2) is 8.42 Å². The monoisotopic (exact) mass is 447 g/mol. The molecule has 0 aromatic carbocycles. The van der Waals surface area contributed by atoms with Crippen LogP contribution in [0.2, 0.25) is 0 Å². The summed E-state index contributed by atoms with van der Waals surface area (Å²) >= 11 is 0. The second kappa shape index (κ2) is 9.00. The van der Waals surface area contributed by atoms with E-state index < -0.39 is 10.0 Å². The largest absolute Gasteiger partial charge is 0.465 e. The average molecular weight is 448 g/mol. The Morgan fingerprint density at radius 1 is 1.19 bits per heavy atom. The smallest absolute Gasteiger partial charge is 0.248 e. The molecule has 0 N–H and O–H groups in total. The molecule has 31 heavy (non-hydrogen) atoms. The summed E-state index contributed by atoms with van der Waals surface area (Å²) in [4.78, 5) is 14.9. The predicted octanol–water partition coefficient (Wildman–Crippen LogP) is 3.41. The normalized spacial score (nSPS) is 21.7. The molecule has 2 aromatic rings. The number of aryl methyl sites for hydroxylation is 1. The number of furan rings is 1. The van der Waals surface area contributed by atoms with Gasteiger partial charge in [-0.2, -0.15) is 4.31 Å². The van der Waals surface area contributed by atoms with Crippen molar-refractivity contribution in [1.82, 2.24) is 14.4 Å². The van der Waals surface area contributed by atoms with Crippen molar-refractivity contribution in [2.75, 3.05) is 26.2 Å². The maximum absolute atomic E-state index is 13.3. The number of amides is 1. The summed E-state index contributed by atoms with van der Waals surface area (Å²) in [6, 6.07) is 3.51. The molecule has 0 bridgehead atoms. The first-order chi connectivity index (χ1) is 14.9. The fourth-order valence-corrected chi connectivity index (χ4v) is 6.18. The Labute approximate surface area is 182 Å².